The highest BCUT2D eigenvalue weighted by atomic mass is 19.1. The third-order valence-corrected chi connectivity index (χ3v) is 4.13. The minimum Gasteiger partial charge on any atom is -0.352 e. The zero-order valence-corrected chi connectivity index (χ0v) is 13.3. The van der Waals surface area contributed by atoms with E-state index < -0.39 is 11.8 Å². The summed E-state index contributed by atoms with van der Waals surface area (Å²) in [6.45, 7) is 0.0978. The van der Waals surface area contributed by atoms with Crippen molar-refractivity contribution in [1.29, 1.82) is 5.26 Å². The van der Waals surface area contributed by atoms with Gasteiger partial charge in [-0.15, -0.1) is 0 Å². The first-order valence-electron chi connectivity index (χ1n) is 7.90. The predicted molar refractivity (Wildman–Crippen MR) is 89.6 cm³/mol. The molecule has 0 bridgehead atoms. The average molecular weight is 337 g/mol. The van der Waals surface area contributed by atoms with E-state index >= 15 is 0 Å². The molecule has 2 amide bonds. The van der Waals surface area contributed by atoms with E-state index in [0.717, 1.165) is 0 Å². The van der Waals surface area contributed by atoms with Gasteiger partial charge < -0.3 is 10.6 Å². The molecule has 0 radical (unpaired) electrons. The molecule has 2 aromatic rings. The molecule has 25 heavy (non-hydrogen) atoms. The fraction of sp³-hybridized carbons (Fsp3) is 0.211. The summed E-state index contributed by atoms with van der Waals surface area (Å²) in [4.78, 5) is 24.3. The Morgan fingerprint density at radius 2 is 1.88 bits per heavy atom. The number of amides is 2. The first-order valence-corrected chi connectivity index (χ1v) is 7.90. The maximum atomic E-state index is 13.5. The number of nitrogens with zero attached hydrogens (tertiary/aromatic N) is 1. The summed E-state index contributed by atoms with van der Waals surface area (Å²) in [5, 5.41) is 14.2. The second-order valence-electron chi connectivity index (χ2n) is 5.94. The summed E-state index contributed by atoms with van der Waals surface area (Å²) in [7, 11) is 0. The molecule has 1 aliphatic rings. The van der Waals surface area contributed by atoms with Crippen molar-refractivity contribution in [3.05, 3.63) is 65.5 Å². The Hall–Kier alpha value is -3.20. The number of rotatable bonds is 5. The molecule has 2 aromatic carbocycles. The molecule has 0 heterocycles. The van der Waals surface area contributed by atoms with Gasteiger partial charge in [0.05, 0.1) is 23.5 Å². The number of hydrogen-bond acceptors (Lipinski definition) is 3. The van der Waals surface area contributed by atoms with Crippen molar-refractivity contribution in [2.75, 3.05) is 5.32 Å². The molecule has 0 saturated heterocycles. The lowest BCUT2D eigenvalue weighted by Gasteiger charge is -2.07. The zero-order chi connectivity index (χ0) is 17.8. The summed E-state index contributed by atoms with van der Waals surface area (Å²) in [5.41, 5.74) is 1.39. The van der Waals surface area contributed by atoms with Gasteiger partial charge in [-0.1, -0.05) is 24.3 Å². The maximum Gasteiger partial charge on any atom is 0.228 e. The minimum absolute atomic E-state index is 0.0978. The highest BCUT2D eigenvalue weighted by Crippen LogP contribution is 2.39. The van der Waals surface area contributed by atoms with E-state index in [1.54, 1.807) is 42.5 Å². The molecule has 0 aliphatic heterocycles. The lowest BCUT2D eigenvalue weighted by Crippen LogP contribution is -2.27. The fourth-order valence-electron chi connectivity index (χ4n) is 2.63. The van der Waals surface area contributed by atoms with Crippen molar-refractivity contribution < 1.29 is 14.0 Å². The van der Waals surface area contributed by atoms with Gasteiger partial charge in [0.25, 0.3) is 0 Å². The van der Waals surface area contributed by atoms with Crippen LogP contribution in [0, 0.1) is 29.0 Å². The van der Waals surface area contributed by atoms with E-state index in [9.17, 15) is 14.0 Å². The summed E-state index contributed by atoms with van der Waals surface area (Å²) in [6, 6.07) is 14.8. The molecule has 2 unspecified atom stereocenters. The van der Waals surface area contributed by atoms with E-state index in [1.165, 1.54) is 6.07 Å². The Kier molecular flexibility index (Phi) is 4.75. The average Bonchev–Trinajstić information content (AvgIpc) is 3.42. The van der Waals surface area contributed by atoms with Gasteiger partial charge in [0.2, 0.25) is 11.8 Å². The van der Waals surface area contributed by atoms with E-state index in [4.69, 9.17) is 5.26 Å². The fourth-order valence-corrected chi connectivity index (χ4v) is 2.63. The minimum atomic E-state index is -0.397. The maximum absolute atomic E-state index is 13.5. The van der Waals surface area contributed by atoms with E-state index in [2.05, 4.69) is 10.6 Å². The van der Waals surface area contributed by atoms with Crippen LogP contribution >= 0.6 is 0 Å². The predicted octanol–water partition coefficient (Wildman–Crippen LogP) is 2.59. The van der Waals surface area contributed by atoms with Crippen molar-refractivity contribution in [2.45, 2.75) is 13.0 Å². The molecule has 0 spiro atoms. The molecule has 0 aromatic heterocycles. The van der Waals surface area contributed by atoms with Crippen LogP contribution in [0.4, 0.5) is 10.1 Å². The van der Waals surface area contributed by atoms with E-state index in [-0.39, 0.29) is 24.2 Å². The molecule has 1 fully saturated rings. The van der Waals surface area contributed by atoms with E-state index in [1.807, 2.05) is 6.07 Å². The second-order valence-corrected chi connectivity index (χ2v) is 5.94. The van der Waals surface area contributed by atoms with Gasteiger partial charge in [-0.25, -0.2) is 4.39 Å². The molecule has 1 aliphatic carbocycles. The molecule has 6 heteroatoms. The molecule has 5 nitrogen and oxygen atoms in total. The van der Waals surface area contributed by atoms with Gasteiger partial charge in [0.15, 0.2) is 0 Å². The summed E-state index contributed by atoms with van der Waals surface area (Å²) in [5.74, 6) is -1.67. The first-order chi connectivity index (χ1) is 12.1. The van der Waals surface area contributed by atoms with Crippen molar-refractivity contribution in [3.8, 4) is 6.07 Å². The largest absolute Gasteiger partial charge is 0.352 e. The van der Waals surface area contributed by atoms with Crippen LogP contribution in [-0.4, -0.2) is 11.8 Å². The topological polar surface area (TPSA) is 82.0 Å². The van der Waals surface area contributed by atoms with E-state index in [0.29, 0.717) is 23.2 Å². The monoisotopic (exact) mass is 337 g/mol. The molecule has 2 atom stereocenters. The zero-order valence-electron chi connectivity index (χ0n) is 13.3. The Balaban J connectivity index is 1.51. The number of hydrogen-bond donors (Lipinski definition) is 2. The number of benzene rings is 2. The quantitative estimate of drug-likeness (QED) is 0.880. The number of anilines is 1. The summed E-state index contributed by atoms with van der Waals surface area (Å²) >= 11 is 0. The Morgan fingerprint density at radius 1 is 1.12 bits per heavy atom. The lowest BCUT2D eigenvalue weighted by molar-refractivity contribution is -0.125. The first kappa shape index (κ1) is 16.7. The van der Waals surface area contributed by atoms with Crippen molar-refractivity contribution in [1.82, 2.24) is 5.32 Å². The van der Waals surface area contributed by atoms with Crippen LogP contribution < -0.4 is 10.6 Å². The summed E-state index contributed by atoms with van der Waals surface area (Å²) in [6.07, 6.45) is 0.465. The van der Waals surface area contributed by atoms with Crippen LogP contribution in [0.1, 0.15) is 17.5 Å². The third kappa shape index (κ3) is 4.01. The van der Waals surface area contributed by atoms with Gasteiger partial charge >= 0.3 is 0 Å². The number of halogens is 1. The van der Waals surface area contributed by atoms with Crippen molar-refractivity contribution in [3.63, 3.8) is 0 Å². The highest BCUT2D eigenvalue weighted by Gasteiger charge is 2.47. The van der Waals surface area contributed by atoms with Crippen LogP contribution in [0.5, 0.6) is 0 Å². The van der Waals surface area contributed by atoms with Gasteiger partial charge in [0, 0.05) is 17.8 Å². The van der Waals surface area contributed by atoms with Crippen LogP contribution in [-0.2, 0) is 16.1 Å². The molecule has 1 saturated carbocycles. The summed E-state index contributed by atoms with van der Waals surface area (Å²) < 4.78 is 13.5. The number of carbonyl (C=O) groups excluding carboxylic acids is 2. The van der Waals surface area contributed by atoms with Crippen molar-refractivity contribution in [2.24, 2.45) is 11.8 Å². The lowest BCUT2D eigenvalue weighted by atomic mass is 10.2. The standard InChI is InChI=1S/C19H16FN3O2/c20-17-7-2-1-5-13(17)11-22-18(24)15-9-16(15)19(25)23-14-6-3-4-12(8-14)10-21/h1-8,15-16H,9,11H2,(H,22,24)(H,23,25). The van der Waals surface area contributed by atoms with Crippen LogP contribution in [0.3, 0.4) is 0 Å². The Bertz CT molecular complexity index is 860. The number of nitrogens with one attached hydrogen (secondary N) is 2. The molecule has 2 N–H and O–H groups in total. The molecular formula is C19H16FN3O2. The normalized spacial score (nSPS) is 18.1. The van der Waals surface area contributed by atoms with Gasteiger partial charge in [-0.3, -0.25) is 9.59 Å². The van der Waals surface area contributed by atoms with Crippen molar-refractivity contribution >= 4 is 17.5 Å². The van der Waals surface area contributed by atoms with Crippen LogP contribution in [0.15, 0.2) is 48.5 Å². The SMILES string of the molecule is N#Cc1cccc(NC(=O)C2CC2C(=O)NCc2ccccc2F)c1. The molecule has 126 valence electrons. The van der Waals surface area contributed by atoms with Gasteiger partial charge in [0.1, 0.15) is 5.82 Å². The van der Waals surface area contributed by atoms with Gasteiger partial charge in [-0.05, 0) is 30.7 Å². The third-order valence-electron chi connectivity index (χ3n) is 4.13. The van der Waals surface area contributed by atoms with Crippen LogP contribution in [0.25, 0.3) is 0 Å². The second kappa shape index (κ2) is 7.14. The van der Waals surface area contributed by atoms with Crippen LogP contribution in [0.2, 0.25) is 0 Å². The molecular weight excluding hydrogens is 321 g/mol. The Labute approximate surface area is 144 Å². The smallest absolute Gasteiger partial charge is 0.228 e. The highest BCUT2D eigenvalue weighted by molar-refractivity contribution is 5.99. The number of nitriles is 1. The van der Waals surface area contributed by atoms with Gasteiger partial charge in [-0.2, -0.15) is 5.26 Å². The molecule has 3 rings (SSSR count). The Morgan fingerprint density at radius 3 is 2.64 bits per heavy atom. The number of carbonyl (C=O) groups is 2.